The van der Waals surface area contributed by atoms with Crippen molar-refractivity contribution < 1.29 is 9.16 Å². The van der Waals surface area contributed by atoms with Gasteiger partial charge in [0.2, 0.25) is 8.32 Å². The Bertz CT molecular complexity index is 910. The van der Waals surface area contributed by atoms with Crippen LogP contribution >= 0.6 is 0 Å². The van der Waals surface area contributed by atoms with E-state index in [-0.39, 0.29) is 10.8 Å². The summed E-state index contributed by atoms with van der Waals surface area (Å²) in [4.78, 5) is 0. The summed E-state index contributed by atoms with van der Waals surface area (Å²) in [6, 6.07) is 9.03. The first-order valence-electron chi connectivity index (χ1n) is 12.4. The van der Waals surface area contributed by atoms with Gasteiger partial charge in [0.25, 0.3) is 0 Å². The number of rotatable bonds is 4. The quantitative estimate of drug-likeness (QED) is 0.360. The lowest BCUT2D eigenvalue weighted by molar-refractivity contribution is 0.0303. The molecule has 0 unspecified atom stereocenters. The van der Waals surface area contributed by atoms with E-state index in [1.807, 2.05) is 0 Å². The van der Waals surface area contributed by atoms with Crippen molar-refractivity contribution in [2.24, 2.45) is 28.6 Å². The second kappa shape index (κ2) is 7.01. The molecular weight excluding hydrogens is 396 g/mol. The van der Waals surface area contributed by atoms with E-state index in [4.69, 9.17) is 9.16 Å². The third kappa shape index (κ3) is 2.81. The maximum absolute atomic E-state index is 6.98. The molecule has 31 heavy (non-hydrogen) atoms. The van der Waals surface area contributed by atoms with E-state index in [1.165, 1.54) is 49.8 Å². The van der Waals surface area contributed by atoms with Gasteiger partial charge < -0.3 is 9.16 Å². The number of methoxy groups -OCH3 is 1. The van der Waals surface area contributed by atoms with E-state index in [1.54, 1.807) is 7.11 Å². The summed E-state index contributed by atoms with van der Waals surface area (Å²) in [5.41, 5.74) is 2.04. The average molecular weight is 437 g/mol. The Kier molecular flexibility index (Phi) is 4.83. The topological polar surface area (TPSA) is 18.5 Å². The molecule has 4 aliphatic carbocycles. The molecule has 0 aliphatic heterocycles. The first kappa shape index (κ1) is 21.4. The first-order chi connectivity index (χ1) is 14.7. The molecule has 2 fully saturated rings. The minimum absolute atomic E-state index is 0.0138. The van der Waals surface area contributed by atoms with Crippen LogP contribution in [0.1, 0.15) is 57.9 Å². The van der Waals surface area contributed by atoms with Crippen molar-refractivity contribution in [2.45, 2.75) is 77.4 Å². The smallest absolute Gasteiger partial charge is 0.241 e. The van der Waals surface area contributed by atoms with Gasteiger partial charge in [-0.3, -0.25) is 0 Å². The van der Waals surface area contributed by atoms with Crippen molar-refractivity contribution in [2.75, 3.05) is 7.11 Å². The van der Waals surface area contributed by atoms with Crippen molar-refractivity contribution in [3.63, 3.8) is 0 Å². The Morgan fingerprint density at radius 2 is 1.68 bits per heavy atom. The molecule has 0 saturated heterocycles. The Morgan fingerprint density at radius 1 is 0.968 bits per heavy atom. The lowest BCUT2D eigenvalue weighted by Gasteiger charge is -2.51. The molecule has 2 saturated carbocycles. The standard InChI is InChI=1S/C28H40O2Si/c1-20-9-14-23-25(24(19-20)30-31(4,5)6)28(21-10-12-22(29-3)13-11-21)18-17-27(23)16-8-7-15-26(27,28)2/h10-13,17-20,23,25H,7-9,14-16H2,1-6H3/t20-,23+,25+,26-,27+,28-/m1/s1. The van der Waals surface area contributed by atoms with Gasteiger partial charge in [-0.1, -0.05) is 51.0 Å². The van der Waals surface area contributed by atoms with Crippen LogP contribution in [0.4, 0.5) is 0 Å². The van der Waals surface area contributed by atoms with Crippen molar-refractivity contribution in [1.29, 1.82) is 0 Å². The molecule has 6 atom stereocenters. The first-order valence-corrected chi connectivity index (χ1v) is 15.8. The van der Waals surface area contributed by atoms with Crippen LogP contribution in [0.15, 0.2) is 48.3 Å². The summed E-state index contributed by atoms with van der Waals surface area (Å²) >= 11 is 0. The fraction of sp³-hybridized carbons (Fsp3) is 0.643. The van der Waals surface area contributed by atoms with Gasteiger partial charge in [-0.2, -0.15) is 0 Å². The highest BCUT2D eigenvalue weighted by molar-refractivity contribution is 6.70. The molecule has 1 aromatic carbocycles. The molecule has 0 aromatic heterocycles. The fourth-order valence-corrected chi connectivity index (χ4v) is 9.08. The van der Waals surface area contributed by atoms with Crippen LogP contribution in [-0.4, -0.2) is 15.4 Å². The molecule has 5 rings (SSSR count). The van der Waals surface area contributed by atoms with Crippen molar-refractivity contribution in [1.82, 2.24) is 0 Å². The number of hydrogen-bond donors (Lipinski definition) is 0. The lowest BCUT2D eigenvalue weighted by Crippen LogP contribution is -2.47. The maximum atomic E-state index is 6.98. The zero-order valence-corrected chi connectivity index (χ0v) is 21.3. The highest BCUT2D eigenvalue weighted by Gasteiger charge is 2.76. The van der Waals surface area contributed by atoms with Gasteiger partial charge in [-0.05, 0) is 91.8 Å². The maximum Gasteiger partial charge on any atom is 0.241 e. The zero-order valence-electron chi connectivity index (χ0n) is 20.3. The van der Waals surface area contributed by atoms with Crippen LogP contribution in [0.2, 0.25) is 19.6 Å². The minimum Gasteiger partial charge on any atom is -0.547 e. The second-order valence-corrected chi connectivity index (χ2v) is 16.4. The largest absolute Gasteiger partial charge is 0.547 e. The monoisotopic (exact) mass is 436 g/mol. The Morgan fingerprint density at radius 3 is 2.35 bits per heavy atom. The number of ether oxygens (including phenoxy) is 1. The molecule has 4 aliphatic rings. The van der Waals surface area contributed by atoms with Gasteiger partial charge in [-0.15, -0.1) is 0 Å². The Labute approximate surface area is 190 Å². The normalized spacial score (nSPS) is 41.2. The molecule has 168 valence electrons. The van der Waals surface area contributed by atoms with Crippen molar-refractivity contribution in [3.05, 3.63) is 53.8 Å². The predicted octanol–water partition coefficient (Wildman–Crippen LogP) is 7.48. The van der Waals surface area contributed by atoms with Crippen LogP contribution in [0.3, 0.4) is 0 Å². The van der Waals surface area contributed by atoms with Gasteiger partial charge in [0.15, 0.2) is 0 Å². The van der Waals surface area contributed by atoms with Gasteiger partial charge in [-0.25, -0.2) is 0 Å². The molecule has 0 amide bonds. The third-order valence-corrected chi connectivity index (χ3v) is 10.2. The summed E-state index contributed by atoms with van der Waals surface area (Å²) in [5, 5.41) is 0. The number of fused-ring (bicyclic) bond motifs is 2. The third-order valence-electron chi connectivity index (χ3n) is 9.34. The summed E-state index contributed by atoms with van der Waals surface area (Å²) < 4.78 is 12.5. The summed E-state index contributed by atoms with van der Waals surface area (Å²) in [6.45, 7) is 12.0. The highest BCUT2D eigenvalue weighted by Crippen LogP contribution is 2.80. The van der Waals surface area contributed by atoms with E-state index in [2.05, 4.69) is 76.0 Å². The molecule has 0 N–H and O–H groups in total. The van der Waals surface area contributed by atoms with Crippen molar-refractivity contribution in [3.8, 4) is 5.75 Å². The predicted molar refractivity (Wildman–Crippen MR) is 131 cm³/mol. The van der Waals surface area contributed by atoms with E-state index in [0.29, 0.717) is 23.2 Å². The molecule has 3 heteroatoms. The van der Waals surface area contributed by atoms with Crippen LogP contribution in [0.25, 0.3) is 0 Å². The molecule has 2 bridgehead atoms. The Hall–Kier alpha value is -1.48. The van der Waals surface area contributed by atoms with E-state index in [0.717, 1.165) is 5.75 Å². The van der Waals surface area contributed by atoms with Gasteiger partial charge >= 0.3 is 0 Å². The number of hydrogen-bond acceptors (Lipinski definition) is 2. The number of allylic oxidation sites excluding steroid dienone is 4. The number of benzene rings is 1. The Balaban J connectivity index is 1.74. The molecule has 2 nitrogen and oxygen atoms in total. The van der Waals surface area contributed by atoms with Crippen LogP contribution in [0.5, 0.6) is 5.75 Å². The molecule has 0 spiro atoms. The highest BCUT2D eigenvalue weighted by atomic mass is 28.4. The summed E-state index contributed by atoms with van der Waals surface area (Å²) in [6.07, 6.45) is 15.8. The molecule has 1 aromatic rings. The average Bonchev–Trinajstić information content (AvgIpc) is 3.02. The molecule has 0 heterocycles. The zero-order chi connectivity index (χ0) is 22.1. The van der Waals surface area contributed by atoms with Crippen LogP contribution < -0.4 is 4.74 Å². The van der Waals surface area contributed by atoms with E-state index >= 15 is 0 Å². The van der Waals surface area contributed by atoms with Gasteiger partial charge in [0.1, 0.15) is 5.75 Å². The van der Waals surface area contributed by atoms with Gasteiger partial charge in [0, 0.05) is 11.3 Å². The molecular formula is C28H40O2Si. The molecule has 0 radical (unpaired) electrons. The van der Waals surface area contributed by atoms with Crippen LogP contribution in [0, 0.1) is 28.6 Å². The second-order valence-electron chi connectivity index (χ2n) is 11.9. The fourth-order valence-electron chi connectivity index (χ4n) is 8.18. The SMILES string of the molecule is COc1ccc([C@@]23C=C[C@@]4(CCCC[C@]42C)[C@H]2CC[C@@H](C)C=C(O[Si](C)(C)C)[C@H]23)cc1. The minimum atomic E-state index is -1.72. The summed E-state index contributed by atoms with van der Waals surface area (Å²) in [5.74, 6) is 3.99. The lowest BCUT2D eigenvalue weighted by atomic mass is 9.52. The van der Waals surface area contributed by atoms with Gasteiger partial charge in [0.05, 0.1) is 12.9 Å². The van der Waals surface area contributed by atoms with Crippen LogP contribution in [-0.2, 0) is 9.84 Å². The summed E-state index contributed by atoms with van der Waals surface area (Å²) in [7, 11) is 0.0407. The van der Waals surface area contributed by atoms with E-state index < -0.39 is 8.32 Å². The van der Waals surface area contributed by atoms with E-state index in [9.17, 15) is 0 Å². The van der Waals surface area contributed by atoms with Crippen molar-refractivity contribution >= 4 is 8.32 Å².